The van der Waals surface area contributed by atoms with Gasteiger partial charge in [-0.2, -0.15) is 0 Å². The highest BCUT2D eigenvalue weighted by molar-refractivity contribution is 7.12. The van der Waals surface area contributed by atoms with Crippen LogP contribution in [0, 0.1) is 13.8 Å². The van der Waals surface area contributed by atoms with Crippen molar-refractivity contribution in [3.63, 3.8) is 0 Å². The second-order valence-electron chi connectivity index (χ2n) is 4.40. The Kier molecular flexibility index (Phi) is 3.80. The summed E-state index contributed by atoms with van der Waals surface area (Å²) in [5.41, 5.74) is 6.54. The smallest absolute Gasteiger partial charge is 0.269 e. The van der Waals surface area contributed by atoms with Gasteiger partial charge in [0, 0.05) is 9.75 Å². The van der Waals surface area contributed by atoms with E-state index in [-0.39, 0.29) is 11.7 Å². The predicted octanol–water partition coefficient (Wildman–Crippen LogP) is 2.43. The predicted molar refractivity (Wildman–Crippen MR) is 76.4 cm³/mol. The molecule has 2 heterocycles. The highest BCUT2D eigenvalue weighted by atomic mass is 32.1. The van der Waals surface area contributed by atoms with E-state index in [1.165, 1.54) is 15.3 Å². The fourth-order valence-electron chi connectivity index (χ4n) is 1.92. The Balaban J connectivity index is 2.12. The third kappa shape index (κ3) is 3.08. The van der Waals surface area contributed by atoms with Gasteiger partial charge in [0.25, 0.3) is 5.91 Å². The molecule has 3 N–H and O–H groups in total. The number of nitrogens with two attached hydrogens (primary N) is 1. The van der Waals surface area contributed by atoms with E-state index in [1.54, 1.807) is 23.5 Å². The van der Waals surface area contributed by atoms with Gasteiger partial charge in [-0.05, 0) is 44.5 Å². The van der Waals surface area contributed by atoms with Crippen LogP contribution in [0.5, 0.6) is 0 Å². The van der Waals surface area contributed by atoms with Crippen molar-refractivity contribution in [2.24, 2.45) is 5.73 Å². The number of carbonyl (C=O) groups is 1. The summed E-state index contributed by atoms with van der Waals surface area (Å²) in [5, 5.41) is 11.0. The molecule has 2 rings (SSSR count). The van der Waals surface area contributed by atoms with Crippen LogP contribution in [0.3, 0.4) is 0 Å². The molecule has 0 radical (unpaired) electrons. The number of rotatable bonds is 4. The van der Waals surface area contributed by atoms with Gasteiger partial charge in [0.1, 0.15) is 5.82 Å². The third-order valence-electron chi connectivity index (χ3n) is 2.83. The lowest BCUT2D eigenvalue weighted by Crippen LogP contribution is -2.15. The maximum Gasteiger partial charge on any atom is 0.269 e. The number of aromatic nitrogens is 2. The molecule has 0 bridgehead atoms. The summed E-state index contributed by atoms with van der Waals surface area (Å²) in [6.07, 6.45) is 0. The number of primary amides is 1. The molecule has 1 amide bonds. The summed E-state index contributed by atoms with van der Waals surface area (Å²) in [6.45, 7) is 6.26. The van der Waals surface area contributed by atoms with Crippen LogP contribution in [-0.4, -0.2) is 16.1 Å². The summed E-state index contributed by atoms with van der Waals surface area (Å²) in [5.74, 6) is 0.0529. The zero-order valence-corrected chi connectivity index (χ0v) is 11.9. The van der Waals surface area contributed by atoms with Gasteiger partial charge in [0.05, 0.1) is 6.04 Å². The highest BCUT2D eigenvalue weighted by Crippen LogP contribution is 2.27. The van der Waals surface area contributed by atoms with Crippen molar-refractivity contribution in [3.05, 3.63) is 39.2 Å². The molecule has 5 nitrogen and oxygen atoms in total. The maximum atomic E-state index is 10.9. The Bertz CT molecular complexity index is 591. The fraction of sp³-hybridized carbons (Fsp3) is 0.308. The van der Waals surface area contributed by atoms with E-state index < -0.39 is 5.91 Å². The van der Waals surface area contributed by atoms with E-state index in [4.69, 9.17) is 5.73 Å². The molecule has 19 heavy (non-hydrogen) atoms. The first-order valence-corrected chi connectivity index (χ1v) is 6.76. The first-order valence-electron chi connectivity index (χ1n) is 5.94. The van der Waals surface area contributed by atoms with Gasteiger partial charge >= 0.3 is 0 Å². The number of anilines is 1. The second kappa shape index (κ2) is 5.36. The van der Waals surface area contributed by atoms with Crippen molar-refractivity contribution in [2.75, 3.05) is 5.32 Å². The Morgan fingerprint density at radius 2 is 2.11 bits per heavy atom. The number of hydrogen-bond acceptors (Lipinski definition) is 5. The normalized spacial score (nSPS) is 12.2. The van der Waals surface area contributed by atoms with E-state index in [0.717, 1.165) is 0 Å². The molecule has 0 aliphatic rings. The lowest BCUT2D eigenvalue weighted by atomic mass is 10.1. The zero-order valence-electron chi connectivity index (χ0n) is 11.1. The standard InChI is InChI=1S/C13H16N4OS/c1-7-6-10(9(3)19-7)8(2)15-12-5-4-11(13(14)18)16-17-12/h4-6,8H,1-3H3,(H2,14,18)(H,15,17). The van der Waals surface area contributed by atoms with Gasteiger partial charge in [0.15, 0.2) is 5.69 Å². The molecule has 2 aromatic heterocycles. The molecule has 0 aliphatic carbocycles. The molecule has 0 saturated carbocycles. The largest absolute Gasteiger partial charge is 0.364 e. The minimum absolute atomic E-state index is 0.138. The Morgan fingerprint density at radius 1 is 1.37 bits per heavy atom. The van der Waals surface area contributed by atoms with Gasteiger partial charge in [-0.3, -0.25) is 4.79 Å². The first kappa shape index (κ1) is 13.5. The maximum absolute atomic E-state index is 10.9. The molecule has 100 valence electrons. The topological polar surface area (TPSA) is 80.9 Å². The van der Waals surface area contributed by atoms with Crippen molar-refractivity contribution in [2.45, 2.75) is 26.8 Å². The lowest BCUT2D eigenvalue weighted by Gasteiger charge is -2.14. The van der Waals surface area contributed by atoms with E-state index in [1.807, 2.05) is 0 Å². The average Bonchev–Trinajstić information content (AvgIpc) is 2.69. The second-order valence-corrected chi connectivity index (χ2v) is 5.86. The molecule has 6 heteroatoms. The summed E-state index contributed by atoms with van der Waals surface area (Å²) >= 11 is 1.78. The Labute approximate surface area is 115 Å². The van der Waals surface area contributed by atoms with Crippen molar-refractivity contribution in [1.29, 1.82) is 0 Å². The Morgan fingerprint density at radius 3 is 2.58 bits per heavy atom. The van der Waals surface area contributed by atoms with Gasteiger partial charge in [-0.25, -0.2) is 0 Å². The van der Waals surface area contributed by atoms with Crippen molar-refractivity contribution in [1.82, 2.24) is 10.2 Å². The molecule has 0 fully saturated rings. The van der Waals surface area contributed by atoms with Crippen molar-refractivity contribution < 1.29 is 4.79 Å². The van der Waals surface area contributed by atoms with Crippen LogP contribution in [-0.2, 0) is 0 Å². The van der Waals surface area contributed by atoms with Crippen LogP contribution in [0.1, 0.15) is 38.8 Å². The zero-order chi connectivity index (χ0) is 14.0. The van der Waals surface area contributed by atoms with Gasteiger partial charge < -0.3 is 11.1 Å². The number of nitrogens with zero attached hydrogens (tertiary/aromatic N) is 2. The van der Waals surface area contributed by atoms with Crippen molar-refractivity contribution >= 4 is 23.1 Å². The number of aryl methyl sites for hydroxylation is 2. The number of carbonyl (C=O) groups excluding carboxylic acids is 1. The van der Waals surface area contributed by atoms with Crippen LogP contribution in [0.2, 0.25) is 0 Å². The molecule has 1 atom stereocenters. The molecule has 1 unspecified atom stereocenters. The number of thiophene rings is 1. The van der Waals surface area contributed by atoms with Crippen LogP contribution in [0.4, 0.5) is 5.82 Å². The minimum atomic E-state index is -0.573. The molecule has 0 aliphatic heterocycles. The molecular formula is C13H16N4OS. The van der Waals surface area contributed by atoms with Gasteiger partial charge in [-0.15, -0.1) is 21.5 Å². The van der Waals surface area contributed by atoms with Crippen LogP contribution in [0.25, 0.3) is 0 Å². The number of hydrogen-bond donors (Lipinski definition) is 2. The third-order valence-corrected chi connectivity index (χ3v) is 3.81. The summed E-state index contributed by atoms with van der Waals surface area (Å²) in [7, 11) is 0. The monoisotopic (exact) mass is 276 g/mol. The van der Waals surface area contributed by atoms with Crippen LogP contribution in [0.15, 0.2) is 18.2 Å². The first-order chi connectivity index (χ1) is 8.97. The van der Waals surface area contributed by atoms with Gasteiger partial charge in [-0.1, -0.05) is 0 Å². The van der Waals surface area contributed by atoms with Crippen molar-refractivity contribution in [3.8, 4) is 0 Å². The summed E-state index contributed by atoms with van der Waals surface area (Å²) in [6, 6.07) is 5.58. The highest BCUT2D eigenvalue weighted by Gasteiger charge is 2.12. The fourth-order valence-corrected chi connectivity index (χ4v) is 2.94. The molecule has 0 spiro atoms. The number of nitrogens with one attached hydrogen (secondary N) is 1. The molecule has 0 saturated heterocycles. The quantitative estimate of drug-likeness (QED) is 0.898. The molecule has 2 aromatic rings. The average molecular weight is 276 g/mol. The molecule has 0 aromatic carbocycles. The van der Waals surface area contributed by atoms with Crippen LogP contribution >= 0.6 is 11.3 Å². The van der Waals surface area contributed by atoms with Gasteiger partial charge in [0.2, 0.25) is 0 Å². The lowest BCUT2D eigenvalue weighted by molar-refractivity contribution is 0.0994. The van der Waals surface area contributed by atoms with E-state index in [9.17, 15) is 4.79 Å². The summed E-state index contributed by atoms with van der Waals surface area (Å²) < 4.78 is 0. The Hall–Kier alpha value is -1.95. The minimum Gasteiger partial charge on any atom is -0.364 e. The van der Waals surface area contributed by atoms with E-state index in [0.29, 0.717) is 5.82 Å². The van der Waals surface area contributed by atoms with E-state index in [2.05, 4.69) is 42.4 Å². The summed E-state index contributed by atoms with van der Waals surface area (Å²) in [4.78, 5) is 13.5. The SMILES string of the molecule is Cc1cc(C(C)Nc2ccc(C(N)=O)nn2)c(C)s1. The van der Waals surface area contributed by atoms with Crippen LogP contribution < -0.4 is 11.1 Å². The molecular weight excluding hydrogens is 260 g/mol. The number of amides is 1. The van der Waals surface area contributed by atoms with E-state index >= 15 is 0 Å².